The number of aromatic nitrogens is 4. The van der Waals surface area contributed by atoms with Crippen LogP contribution in [-0.4, -0.2) is 25.0 Å². The average molecular weight is 346 g/mol. The van der Waals surface area contributed by atoms with E-state index in [1.165, 1.54) is 17.6 Å². The minimum absolute atomic E-state index is 0.367. The Bertz CT molecular complexity index is 832. The van der Waals surface area contributed by atoms with E-state index in [-0.39, 0.29) is 0 Å². The Balaban J connectivity index is 1.51. The number of thioether (sulfide) groups is 1. The zero-order valence-electron chi connectivity index (χ0n) is 12.4. The number of anilines is 1. The van der Waals surface area contributed by atoms with Crippen LogP contribution in [0.2, 0.25) is 5.02 Å². The number of nitrogens with zero attached hydrogens (tertiary/aromatic N) is 4. The molecule has 3 aromatic rings. The van der Waals surface area contributed by atoms with E-state index in [9.17, 15) is 0 Å². The fourth-order valence-electron chi connectivity index (χ4n) is 3.10. The molecule has 0 amide bonds. The monoisotopic (exact) mass is 345 g/mol. The second-order valence-electron chi connectivity index (χ2n) is 5.75. The molecular formula is C16H16ClN5S. The van der Waals surface area contributed by atoms with Gasteiger partial charge in [-0.3, -0.25) is 0 Å². The number of hydrogen-bond donors (Lipinski definition) is 1. The van der Waals surface area contributed by atoms with Gasteiger partial charge in [0.1, 0.15) is 12.1 Å². The maximum absolute atomic E-state index is 5.94. The van der Waals surface area contributed by atoms with E-state index in [1.807, 2.05) is 28.6 Å². The molecule has 5 nitrogen and oxygen atoms in total. The summed E-state index contributed by atoms with van der Waals surface area (Å²) in [6.45, 7) is 0. The lowest BCUT2D eigenvalue weighted by Crippen LogP contribution is -2.09. The van der Waals surface area contributed by atoms with E-state index >= 15 is 0 Å². The number of rotatable bonds is 3. The third kappa shape index (κ3) is 2.88. The van der Waals surface area contributed by atoms with Crippen molar-refractivity contribution >= 4 is 40.2 Å². The van der Waals surface area contributed by atoms with Crippen LogP contribution in [0, 0.1) is 0 Å². The molecule has 0 bridgehead atoms. The predicted octanol–water partition coefficient (Wildman–Crippen LogP) is 3.95. The van der Waals surface area contributed by atoms with Crippen LogP contribution in [0.1, 0.15) is 25.3 Å². The normalized spacial score (nSPS) is 21.1. The Hall–Kier alpha value is -1.79. The van der Waals surface area contributed by atoms with Gasteiger partial charge in [-0.1, -0.05) is 11.6 Å². The smallest absolute Gasteiger partial charge is 0.163 e. The molecule has 0 spiro atoms. The summed E-state index contributed by atoms with van der Waals surface area (Å²) in [6, 6.07) is 8.41. The Kier molecular flexibility index (Phi) is 3.87. The molecule has 0 aliphatic heterocycles. The maximum atomic E-state index is 5.94. The molecule has 0 saturated heterocycles. The molecule has 2 N–H and O–H groups in total. The SMILES string of the molecule is Nc1ncnc2c1cnn2C1CCC(Sc2ccc(Cl)cc2)C1. The van der Waals surface area contributed by atoms with Gasteiger partial charge in [0.25, 0.3) is 0 Å². The van der Waals surface area contributed by atoms with Crippen molar-refractivity contribution in [2.45, 2.75) is 35.4 Å². The third-order valence-electron chi connectivity index (χ3n) is 4.24. The molecular weight excluding hydrogens is 330 g/mol. The summed E-state index contributed by atoms with van der Waals surface area (Å²) in [7, 11) is 0. The molecule has 2 unspecified atom stereocenters. The van der Waals surface area contributed by atoms with Gasteiger partial charge in [-0.15, -0.1) is 11.8 Å². The van der Waals surface area contributed by atoms with Crippen LogP contribution < -0.4 is 5.73 Å². The Morgan fingerprint density at radius 2 is 2.00 bits per heavy atom. The number of nitrogen functional groups attached to an aromatic ring is 1. The summed E-state index contributed by atoms with van der Waals surface area (Å²) >= 11 is 7.86. The highest BCUT2D eigenvalue weighted by Gasteiger charge is 2.28. The van der Waals surface area contributed by atoms with E-state index in [2.05, 4.69) is 27.2 Å². The molecule has 118 valence electrons. The van der Waals surface area contributed by atoms with Gasteiger partial charge >= 0.3 is 0 Å². The zero-order chi connectivity index (χ0) is 15.8. The number of benzene rings is 1. The number of nitrogens with two attached hydrogens (primary N) is 1. The molecule has 2 atom stereocenters. The average Bonchev–Trinajstić information content (AvgIpc) is 3.17. The maximum Gasteiger partial charge on any atom is 0.163 e. The third-order valence-corrected chi connectivity index (χ3v) is 5.80. The summed E-state index contributed by atoms with van der Waals surface area (Å²) in [5.74, 6) is 0.492. The van der Waals surface area contributed by atoms with Gasteiger partial charge in [-0.05, 0) is 43.5 Å². The summed E-state index contributed by atoms with van der Waals surface area (Å²) in [5, 5.41) is 6.69. The fraction of sp³-hybridized carbons (Fsp3) is 0.312. The first-order valence-corrected chi connectivity index (χ1v) is 8.82. The molecule has 7 heteroatoms. The van der Waals surface area contributed by atoms with Gasteiger partial charge in [-0.2, -0.15) is 5.10 Å². The highest BCUT2D eigenvalue weighted by molar-refractivity contribution is 8.00. The van der Waals surface area contributed by atoms with Crippen molar-refractivity contribution in [2.75, 3.05) is 5.73 Å². The Morgan fingerprint density at radius 1 is 1.17 bits per heavy atom. The molecule has 1 aliphatic carbocycles. The zero-order valence-corrected chi connectivity index (χ0v) is 14.0. The summed E-state index contributed by atoms with van der Waals surface area (Å²) in [6.07, 6.45) is 6.62. The van der Waals surface area contributed by atoms with Crippen LogP contribution in [0.15, 0.2) is 41.7 Å². The lowest BCUT2D eigenvalue weighted by atomic mass is 10.2. The van der Waals surface area contributed by atoms with Gasteiger partial charge in [0, 0.05) is 15.2 Å². The first-order valence-electron chi connectivity index (χ1n) is 7.56. The van der Waals surface area contributed by atoms with E-state index in [0.717, 1.165) is 28.9 Å². The molecule has 1 aliphatic rings. The predicted molar refractivity (Wildman–Crippen MR) is 93.7 cm³/mol. The minimum Gasteiger partial charge on any atom is -0.383 e. The van der Waals surface area contributed by atoms with Gasteiger partial charge in [0.2, 0.25) is 0 Å². The first kappa shape index (κ1) is 14.8. The van der Waals surface area contributed by atoms with Crippen LogP contribution in [0.4, 0.5) is 5.82 Å². The lowest BCUT2D eigenvalue weighted by Gasteiger charge is -2.12. The molecule has 4 rings (SSSR count). The van der Waals surface area contributed by atoms with Crippen molar-refractivity contribution < 1.29 is 0 Å². The number of hydrogen-bond acceptors (Lipinski definition) is 5. The number of fused-ring (bicyclic) bond motifs is 1. The van der Waals surface area contributed by atoms with Crippen molar-refractivity contribution in [3.8, 4) is 0 Å². The van der Waals surface area contributed by atoms with Crippen LogP contribution in [-0.2, 0) is 0 Å². The van der Waals surface area contributed by atoms with E-state index < -0.39 is 0 Å². The Labute approximate surface area is 143 Å². The molecule has 1 saturated carbocycles. The highest BCUT2D eigenvalue weighted by atomic mass is 35.5. The van der Waals surface area contributed by atoms with Gasteiger partial charge in [0.15, 0.2) is 5.65 Å². The van der Waals surface area contributed by atoms with E-state index in [4.69, 9.17) is 17.3 Å². The fourth-order valence-corrected chi connectivity index (χ4v) is 4.48. The molecule has 1 aromatic carbocycles. The first-order chi connectivity index (χ1) is 11.2. The summed E-state index contributed by atoms with van der Waals surface area (Å²) < 4.78 is 2.01. The van der Waals surface area contributed by atoms with Gasteiger partial charge < -0.3 is 5.73 Å². The van der Waals surface area contributed by atoms with Crippen molar-refractivity contribution in [1.29, 1.82) is 0 Å². The van der Waals surface area contributed by atoms with Crippen molar-refractivity contribution in [2.24, 2.45) is 0 Å². The second kappa shape index (κ2) is 6.02. The standard InChI is InChI=1S/C16H16ClN5S/c17-10-1-4-12(5-2-10)23-13-6-3-11(7-13)22-16-14(8-21-22)15(18)19-9-20-16/h1-2,4-5,8-9,11,13H,3,6-7H2,(H2,18,19,20). The van der Waals surface area contributed by atoms with Crippen LogP contribution >= 0.6 is 23.4 Å². The molecule has 0 radical (unpaired) electrons. The van der Waals surface area contributed by atoms with Crippen LogP contribution in [0.3, 0.4) is 0 Å². The quantitative estimate of drug-likeness (QED) is 0.778. The van der Waals surface area contributed by atoms with E-state index in [0.29, 0.717) is 17.1 Å². The Morgan fingerprint density at radius 3 is 2.83 bits per heavy atom. The molecule has 2 heterocycles. The summed E-state index contributed by atoms with van der Waals surface area (Å²) in [4.78, 5) is 9.64. The lowest BCUT2D eigenvalue weighted by molar-refractivity contribution is 0.479. The van der Waals surface area contributed by atoms with Crippen LogP contribution in [0.5, 0.6) is 0 Å². The summed E-state index contributed by atoms with van der Waals surface area (Å²) in [5.41, 5.74) is 6.72. The minimum atomic E-state index is 0.367. The highest BCUT2D eigenvalue weighted by Crippen LogP contribution is 2.41. The van der Waals surface area contributed by atoms with Crippen molar-refractivity contribution in [3.63, 3.8) is 0 Å². The van der Waals surface area contributed by atoms with E-state index in [1.54, 1.807) is 6.20 Å². The van der Waals surface area contributed by atoms with Crippen LogP contribution in [0.25, 0.3) is 11.0 Å². The van der Waals surface area contributed by atoms with Crippen molar-refractivity contribution in [3.05, 3.63) is 41.8 Å². The van der Waals surface area contributed by atoms with Crippen molar-refractivity contribution in [1.82, 2.24) is 19.7 Å². The largest absolute Gasteiger partial charge is 0.383 e. The molecule has 23 heavy (non-hydrogen) atoms. The molecule has 2 aromatic heterocycles. The molecule has 1 fully saturated rings. The number of halogens is 1. The van der Waals surface area contributed by atoms with Gasteiger partial charge in [0.05, 0.1) is 17.6 Å². The van der Waals surface area contributed by atoms with Gasteiger partial charge in [-0.25, -0.2) is 14.6 Å². The second-order valence-corrected chi connectivity index (χ2v) is 7.56. The topological polar surface area (TPSA) is 69.6 Å².